The van der Waals surface area contributed by atoms with Crippen molar-refractivity contribution in [2.75, 3.05) is 13.6 Å². The number of oxime groups is 1. The maximum Gasteiger partial charge on any atom is 0.225 e. The van der Waals surface area contributed by atoms with Crippen LogP contribution in [0.1, 0.15) is 19.3 Å². The van der Waals surface area contributed by atoms with Gasteiger partial charge in [-0.05, 0) is 31.1 Å². The summed E-state index contributed by atoms with van der Waals surface area (Å²) in [6.45, 7) is 0.209. The van der Waals surface area contributed by atoms with Crippen molar-refractivity contribution in [3.05, 3.63) is 0 Å². The summed E-state index contributed by atoms with van der Waals surface area (Å²) in [6, 6.07) is 0. The third-order valence-corrected chi connectivity index (χ3v) is 3.50. The highest BCUT2D eigenvalue weighted by Gasteiger charge is 2.48. The molecule has 2 aliphatic carbocycles. The topological polar surface area (TPSA) is 78.9 Å². The molecule has 2 fully saturated rings. The van der Waals surface area contributed by atoms with Gasteiger partial charge in [0.1, 0.15) is 0 Å². The lowest BCUT2D eigenvalue weighted by Gasteiger charge is -2.21. The number of nitrogens with zero attached hydrogens (tertiary/aromatic N) is 2. The number of nitrogens with two attached hydrogens (primary N) is 1. The van der Waals surface area contributed by atoms with E-state index in [1.165, 1.54) is 6.42 Å². The smallest absolute Gasteiger partial charge is 0.225 e. The van der Waals surface area contributed by atoms with Gasteiger partial charge in [-0.25, -0.2) is 0 Å². The van der Waals surface area contributed by atoms with E-state index >= 15 is 0 Å². The molecule has 0 heterocycles. The summed E-state index contributed by atoms with van der Waals surface area (Å²) < 4.78 is 0. The number of rotatable bonds is 3. The molecule has 0 aromatic heterocycles. The molecular weight excluding hydrogens is 194 g/mol. The van der Waals surface area contributed by atoms with Crippen LogP contribution in [-0.2, 0) is 4.79 Å². The molecule has 84 valence electrons. The highest BCUT2D eigenvalue weighted by Crippen LogP contribution is 2.54. The first-order valence-corrected chi connectivity index (χ1v) is 5.33. The SMILES string of the molecule is CN(CC(N)=NO)C(=O)C1CC2CC2C1. The Labute approximate surface area is 88.9 Å². The molecule has 5 nitrogen and oxygen atoms in total. The Balaban J connectivity index is 1.84. The van der Waals surface area contributed by atoms with E-state index in [1.54, 1.807) is 11.9 Å². The second-order valence-corrected chi connectivity index (χ2v) is 4.71. The van der Waals surface area contributed by atoms with Gasteiger partial charge >= 0.3 is 0 Å². The van der Waals surface area contributed by atoms with Crippen LogP contribution in [0.3, 0.4) is 0 Å². The van der Waals surface area contributed by atoms with E-state index in [4.69, 9.17) is 10.9 Å². The van der Waals surface area contributed by atoms with Crippen LogP contribution in [-0.4, -0.2) is 35.4 Å². The summed E-state index contributed by atoms with van der Waals surface area (Å²) in [6.07, 6.45) is 3.38. The highest BCUT2D eigenvalue weighted by molar-refractivity contribution is 5.87. The molecule has 2 unspecified atom stereocenters. The normalized spacial score (nSPS) is 33.7. The van der Waals surface area contributed by atoms with Crippen LogP contribution in [0.25, 0.3) is 0 Å². The van der Waals surface area contributed by atoms with Crippen molar-refractivity contribution in [2.45, 2.75) is 19.3 Å². The number of hydrogen-bond donors (Lipinski definition) is 2. The first-order chi connectivity index (χ1) is 7.11. The zero-order chi connectivity index (χ0) is 11.0. The Morgan fingerprint density at radius 2 is 2.07 bits per heavy atom. The van der Waals surface area contributed by atoms with Gasteiger partial charge in [0.2, 0.25) is 5.91 Å². The summed E-state index contributed by atoms with van der Waals surface area (Å²) in [7, 11) is 1.70. The Hall–Kier alpha value is -1.26. The number of likely N-dealkylation sites (N-methyl/N-ethyl adjacent to an activating group) is 1. The molecule has 0 saturated heterocycles. The predicted octanol–water partition coefficient (Wildman–Crippen LogP) is 0.237. The molecule has 5 heteroatoms. The Morgan fingerprint density at radius 1 is 1.47 bits per heavy atom. The second kappa shape index (κ2) is 3.72. The third kappa shape index (κ3) is 2.06. The van der Waals surface area contributed by atoms with Gasteiger partial charge in [-0.3, -0.25) is 4.79 Å². The Kier molecular flexibility index (Phi) is 2.54. The van der Waals surface area contributed by atoms with E-state index in [1.807, 2.05) is 0 Å². The van der Waals surface area contributed by atoms with Crippen molar-refractivity contribution in [1.82, 2.24) is 4.90 Å². The molecule has 2 atom stereocenters. The van der Waals surface area contributed by atoms with Gasteiger partial charge in [0, 0.05) is 13.0 Å². The van der Waals surface area contributed by atoms with Crippen LogP contribution in [0.15, 0.2) is 5.16 Å². The van der Waals surface area contributed by atoms with Crippen molar-refractivity contribution in [1.29, 1.82) is 0 Å². The second-order valence-electron chi connectivity index (χ2n) is 4.71. The summed E-state index contributed by atoms with van der Waals surface area (Å²) in [5, 5.41) is 11.3. The monoisotopic (exact) mass is 211 g/mol. The summed E-state index contributed by atoms with van der Waals surface area (Å²) >= 11 is 0. The van der Waals surface area contributed by atoms with E-state index in [-0.39, 0.29) is 24.2 Å². The molecule has 15 heavy (non-hydrogen) atoms. The average molecular weight is 211 g/mol. The highest BCUT2D eigenvalue weighted by atomic mass is 16.4. The molecule has 2 rings (SSSR count). The number of amidine groups is 1. The van der Waals surface area contributed by atoms with Crippen molar-refractivity contribution in [2.24, 2.45) is 28.6 Å². The molecule has 0 spiro atoms. The summed E-state index contributed by atoms with van der Waals surface area (Å²) in [5.41, 5.74) is 5.35. The number of amides is 1. The summed E-state index contributed by atoms with van der Waals surface area (Å²) in [4.78, 5) is 13.4. The van der Waals surface area contributed by atoms with Crippen molar-refractivity contribution in [3.63, 3.8) is 0 Å². The van der Waals surface area contributed by atoms with Gasteiger partial charge in [0.05, 0.1) is 6.54 Å². The zero-order valence-corrected chi connectivity index (χ0v) is 8.89. The van der Waals surface area contributed by atoms with E-state index in [0.717, 1.165) is 24.7 Å². The molecule has 3 N–H and O–H groups in total. The summed E-state index contributed by atoms with van der Waals surface area (Å²) in [5.74, 6) is 1.99. The van der Waals surface area contributed by atoms with Gasteiger partial charge in [-0.2, -0.15) is 0 Å². The van der Waals surface area contributed by atoms with E-state index in [9.17, 15) is 4.79 Å². The molecule has 0 radical (unpaired) electrons. The maximum atomic E-state index is 11.9. The van der Waals surface area contributed by atoms with E-state index in [0.29, 0.717) is 0 Å². The molecule has 0 aromatic carbocycles. The fraction of sp³-hybridized carbons (Fsp3) is 0.800. The van der Waals surface area contributed by atoms with Crippen molar-refractivity contribution in [3.8, 4) is 0 Å². The Morgan fingerprint density at radius 3 is 2.60 bits per heavy atom. The number of fused-ring (bicyclic) bond motifs is 1. The minimum atomic E-state index is 0.0778. The van der Waals surface area contributed by atoms with Crippen LogP contribution < -0.4 is 5.73 Å². The minimum absolute atomic E-state index is 0.0778. The van der Waals surface area contributed by atoms with Gasteiger partial charge < -0.3 is 15.8 Å². The molecule has 0 aromatic rings. The third-order valence-electron chi connectivity index (χ3n) is 3.50. The van der Waals surface area contributed by atoms with Gasteiger partial charge in [0.25, 0.3) is 0 Å². The fourth-order valence-electron chi connectivity index (χ4n) is 2.58. The predicted molar refractivity (Wildman–Crippen MR) is 55.4 cm³/mol. The first-order valence-electron chi connectivity index (χ1n) is 5.33. The van der Waals surface area contributed by atoms with E-state index in [2.05, 4.69) is 5.16 Å². The van der Waals surface area contributed by atoms with Gasteiger partial charge in [0.15, 0.2) is 5.84 Å². The fourth-order valence-corrected chi connectivity index (χ4v) is 2.58. The van der Waals surface area contributed by atoms with Crippen LogP contribution in [0.4, 0.5) is 0 Å². The minimum Gasteiger partial charge on any atom is -0.409 e. The standard InChI is InChI=1S/C10H17N3O2/c1-13(5-9(11)12-15)10(14)8-3-6-2-7(6)4-8/h6-8,15H,2-5H2,1H3,(H2,11,12). The quantitative estimate of drug-likeness (QED) is 0.304. The molecule has 0 bridgehead atoms. The molecule has 1 amide bonds. The first kappa shape index (κ1) is 10.3. The zero-order valence-electron chi connectivity index (χ0n) is 8.89. The van der Waals surface area contributed by atoms with Crippen LogP contribution >= 0.6 is 0 Å². The van der Waals surface area contributed by atoms with Crippen LogP contribution in [0.5, 0.6) is 0 Å². The van der Waals surface area contributed by atoms with Gasteiger partial charge in [-0.1, -0.05) is 5.16 Å². The largest absolute Gasteiger partial charge is 0.409 e. The van der Waals surface area contributed by atoms with Gasteiger partial charge in [-0.15, -0.1) is 0 Å². The maximum absolute atomic E-state index is 11.9. The average Bonchev–Trinajstić information content (AvgIpc) is 2.84. The number of hydrogen-bond acceptors (Lipinski definition) is 3. The van der Waals surface area contributed by atoms with Crippen LogP contribution in [0, 0.1) is 17.8 Å². The number of carbonyl (C=O) groups excluding carboxylic acids is 1. The lowest BCUT2D eigenvalue weighted by Crippen LogP contribution is -2.38. The molecular formula is C10H17N3O2. The van der Waals surface area contributed by atoms with Crippen molar-refractivity contribution >= 4 is 11.7 Å². The lowest BCUT2D eigenvalue weighted by atomic mass is 10.0. The van der Waals surface area contributed by atoms with Crippen molar-refractivity contribution < 1.29 is 10.0 Å². The molecule has 2 saturated carbocycles. The lowest BCUT2D eigenvalue weighted by molar-refractivity contribution is -0.133. The Bertz CT molecular complexity index is 293. The molecule has 0 aliphatic heterocycles. The van der Waals surface area contributed by atoms with E-state index < -0.39 is 0 Å². The number of carbonyl (C=O) groups is 1. The molecule has 2 aliphatic rings. The van der Waals surface area contributed by atoms with Crippen LogP contribution in [0.2, 0.25) is 0 Å².